The molecule has 0 unspecified atom stereocenters. The Hall–Kier alpha value is -3.22. The van der Waals surface area contributed by atoms with Gasteiger partial charge in [-0.3, -0.25) is 14.9 Å². The molecule has 0 spiro atoms. The molecule has 1 heterocycles. The molecule has 110 valence electrons. The molecular weight excluding hydrogens is 286 g/mol. The summed E-state index contributed by atoms with van der Waals surface area (Å²) >= 11 is 0. The molecule has 0 amide bonds. The number of rotatable bonds is 2. The second-order valence-corrected chi connectivity index (χ2v) is 4.88. The summed E-state index contributed by atoms with van der Waals surface area (Å²) in [5.74, 6) is 0.259. The number of aromatic amines is 1. The van der Waals surface area contributed by atoms with E-state index in [1.807, 2.05) is 0 Å². The molecule has 0 aliphatic carbocycles. The number of benzene rings is 2. The SMILES string of the molecule is Cc1cc2nc(-c3cccc([N+](=O)[O-])c3)[nH]c(=O)c2cc1O. The van der Waals surface area contributed by atoms with Gasteiger partial charge in [-0.2, -0.15) is 0 Å². The molecule has 3 rings (SSSR count). The van der Waals surface area contributed by atoms with Crippen molar-refractivity contribution in [3.05, 3.63) is 62.4 Å². The quantitative estimate of drug-likeness (QED) is 0.558. The summed E-state index contributed by atoms with van der Waals surface area (Å²) in [6.45, 7) is 1.70. The highest BCUT2D eigenvalue weighted by Crippen LogP contribution is 2.24. The molecule has 7 heteroatoms. The van der Waals surface area contributed by atoms with Gasteiger partial charge in [0.05, 0.1) is 15.8 Å². The molecule has 3 aromatic rings. The van der Waals surface area contributed by atoms with Crippen molar-refractivity contribution in [3.8, 4) is 17.1 Å². The minimum atomic E-state index is -0.509. The van der Waals surface area contributed by atoms with Gasteiger partial charge < -0.3 is 10.1 Å². The lowest BCUT2D eigenvalue weighted by Gasteiger charge is -2.05. The van der Waals surface area contributed by atoms with Crippen LogP contribution in [0.5, 0.6) is 5.75 Å². The van der Waals surface area contributed by atoms with Crippen molar-refractivity contribution in [3.63, 3.8) is 0 Å². The molecule has 1 aromatic heterocycles. The van der Waals surface area contributed by atoms with Crippen LogP contribution in [0.15, 0.2) is 41.2 Å². The lowest BCUT2D eigenvalue weighted by molar-refractivity contribution is -0.384. The Labute approximate surface area is 124 Å². The first-order valence-corrected chi connectivity index (χ1v) is 6.44. The largest absolute Gasteiger partial charge is 0.508 e. The Morgan fingerprint density at radius 1 is 1.27 bits per heavy atom. The summed E-state index contributed by atoms with van der Waals surface area (Å²) in [7, 11) is 0. The van der Waals surface area contributed by atoms with E-state index in [2.05, 4.69) is 9.97 Å². The van der Waals surface area contributed by atoms with E-state index >= 15 is 0 Å². The van der Waals surface area contributed by atoms with Crippen LogP contribution in [-0.2, 0) is 0 Å². The van der Waals surface area contributed by atoms with Crippen LogP contribution in [-0.4, -0.2) is 20.0 Å². The van der Waals surface area contributed by atoms with Gasteiger partial charge in [0.25, 0.3) is 11.2 Å². The normalized spacial score (nSPS) is 10.8. The number of nitro benzene ring substituents is 1. The fraction of sp³-hybridized carbons (Fsp3) is 0.0667. The van der Waals surface area contributed by atoms with Crippen LogP contribution in [0.4, 0.5) is 5.69 Å². The minimum absolute atomic E-state index is 0.0166. The first-order valence-electron chi connectivity index (χ1n) is 6.44. The van der Waals surface area contributed by atoms with Crippen LogP contribution >= 0.6 is 0 Å². The number of nitrogens with one attached hydrogen (secondary N) is 1. The van der Waals surface area contributed by atoms with E-state index < -0.39 is 10.5 Å². The molecular formula is C15H11N3O4. The zero-order valence-corrected chi connectivity index (χ0v) is 11.5. The maximum Gasteiger partial charge on any atom is 0.270 e. The summed E-state index contributed by atoms with van der Waals surface area (Å²) in [5, 5.41) is 20.8. The Morgan fingerprint density at radius 3 is 2.77 bits per heavy atom. The van der Waals surface area contributed by atoms with Gasteiger partial charge in [0.15, 0.2) is 0 Å². The van der Waals surface area contributed by atoms with Crippen molar-refractivity contribution in [2.45, 2.75) is 6.92 Å². The standard InChI is InChI=1S/C15H11N3O4/c1-8-5-12-11(7-13(8)19)15(20)17-14(16-12)9-3-2-4-10(6-9)18(21)22/h2-7,19H,1H3,(H,16,17,20). The highest BCUT2D eigenvalue weighted by Gasteiger charge is 2.11. The Balaban J connectivity index is 2.24. The van der Waals surface area contributed by atoms with Gasteiger partial charge in [0, 0.05) is 17.7 Å². The van der Waals surface area contributed by atoms with E-state index in [0.717, 1.165) is 0 Å². The second-order valence-electron chi connectivity index (χ2n) is 4.88. The molecule has 0 saturated heterocycles. The zero-order chi connectivity index (χ0) is 15.9. The van der Waals surface area contributed by atoms with Gasteiger partial charge in [0.1, 0.15) is 11.6 Å². The number of phenolic OH excluding ortho intramolecular Hbond substituents is 1. The number of nitrogens with zero attached hydrogens (tertiary/aromatic N) is 2. The minimum Gasteiger partial charge on any atom is -0.508 e. The second kappa shape index (κ2) is 4.96. The van der Waals surface area contributed by atoms with E-state index in [-0.39, 0.29) is 22.6 Å². The van der Waals surface area contributed by atoms with Crippen LogP contribution in [0.3, 0.4) is 0 Å². The summed E-state index contributed by atoms with van der Waals surface area (Å²) in [4.78, 5) is 29.3. The van der Waals surface area contributed by atoms with Crippen molar-refractivity contribution < 1.29 is 10.0 Å². The van der Waals surface area contributed by atoms with E-state index in [1.54, 1.807) is 19.1 Å². The van der Waals surface area contributed by atoms with Crippen molar-refractivity contribution in [2.24, 2.45) is 0 Å². The molecule has 0 aliphatic rings. The van der Waals surface area contributed by atoms with Crippen molar-refractivity contribution >= 4 is 16.6 Å². The Kier molecular flexibility index (Phi) is 3.10. The third kappa shape index (κ3) is 2.28. The smallest absolute Gasteiger partial charge is 0.270 e. The number of hydrogen-bond acceptors (Lipinski definition) is 5. The number of H-pyrrole nitrogens is 1. The number of phenols is 1. The maximum absolute atomic E-state index is 12.1. The third-order valence-electron chi connectivity index (χ3n) is 3.35. The highest BCUT2D eigenvalue weighted by atomic mass is 16.6. The predicted molar refractivity (Wildman–Crippen MR) is 80.9 cm³/mol. The fourth-order valence-corrected chi connectivity index (χ4v) is 2.18. The van der Waals surface area contributed by atoms with Crippen LogP contribution in [0.2, 0.25) is 0 Å². The third-order valence-corrected chi connectivity index (χ3v) is 3.35. The first-order chi connectivity index (χ1) is 10.5. The topological polar surface area (TPSA) is 109 Å². The zero-order valence-electron chi connectivity index (χ0n) is 11.5. The monoisotopic (exact) mass is 297 g/mol. The highest BCUT2D eigenvalue weighted by molar-refractivity contribution is 5.82. The summed E-state index contributed by atoms with van der Waals surface area (Å²) < 4.78 is 0. The maximum atomic E-state index is 12.1. The van der Waals surface area contributed by atoms with E-state index in [4.69, 9.17) is 0 Å². The van der Waals surface area contributed by atoms with Crippen LogP contribution < -0.4 is 5.56 Å². The molecule has 2 aromatic carbocycles. The van der Waals surface area contributed by atoms with Crippen LogP contribution in [0, 0.1) is 17.0 Å². The van der Waals surface area contributed by atoms with E-state index in [0.29, 0.717) is 16.6 Å². The van der Waals surface area contributed by atoms with Crippen LogP contribution in [0.25, 0.3) is 22.3 Å². The molecule has 0 saturated carbocycles. The predicted octanol–water partition coefficient (Wildman–Crippen LogP) is 2.51. The number of aryl methyl sites for hydroxylation is 1. The van der Waals surface area contributed by atoms with Crippen molar-refractivity contribution in [1.82, 2.24) is 9.97 Å². The number of non-ortho nitro benzene ring substituents is 1. The van der Waals surface area contributed by atoms with Gasteiger partial charge >= 0.3 is 0 Å². The lowest BCUT2D eigenvalue weighted by atomic mass is 10.1. The van der Waals surface area contributed by atoms with Gasteiger partial charge in [-0.05, 0) is 24.6 Å². The Morgan fingerprint density at radius 2 is 2.05 bits per heavy atom. The molecule has 2 N–H and O–H groups in total. The van der Waals surface area contributed by atoms with Gasteiger partial charge in [-0.15, -0.1) is 0 Å². The van der Waals surface area contributed by atoms with Gasteiger partial charge in [0.2, 0.25) is 0 Å². The van der Waals surface area contributed by atoms with E-state index in [9.17, 15) is 20.0 Å². The number of fused-ring (bicyclic) bond motifs is 1. The Bertz CT molecular complexity index is 963. The van der Waals surface area contributed by atoms with Gasteiger partial charge in [-0.1, -0.05) is 12.1 Å². The van der Waals surface area contributed by atoms with Crippen LogP contribution in [0.1, 0.15) is 5.56 Å². The number of aromatic hydroxyl groups is 1. The molecule has 0 aliphatic heterocycles. The molecule has 0 radical (unpaired) electrons. The molecule has 0 atom stereocenters. The molecule has 7 nitrogen and oxygen atoms in total. The molecule has 22 heavy (non-hydrogen) atoms. The average molecular weight is 297 g/mol. The summed E-state index contributed by atoms with van der Waals surface area (Å²) in [6.07, 6.45) is 0. The number of hydrogen-bond donors (Lipinski definition) is 2. The van der Waals surface area contributed by atoms with Crippen molar-refractivity contribution in [2.75, 3.05) is 0 Å². The molecule has 0 bridgehead atoms. The summed E-state index contributed by atoms with van der Waals surface area (Å²) in [5.41, 5.74) is 0.957. The molecule has 0 fully saturated rings. The van der Waals surface area contributed by atoms with Crippen molar-refractivity contribution in [1.29, 1.82) is 0 Å². The lowest BCUT2D eigenvalue weighted by Crippen LogP contribution is -2.09. The fourth-order valence-electron chi connectivity index (χ4n) is 2.18. The number of nitro groups is 1. The van der Waals surface area contributed by atoms with Gasteiger partial charge in [-0.25, -0.2) is 4.98 Å². The summed E-state index contributed by atoms with van der Waals surface area (Å²) in [6, 6.07) is 8.82. The average Bonchev–Trinajstić information content (AvgIpc) is 2.49. The van der Waals surface area contributed by atoms with E-state index in [1.165, 1.54) is 24.3 Å². The number of aromatic nitrogens is 2. The first kappa shape index (κ1) is 13.7.